The lowest BCUT2D eigenvalue weighted by molar-refractivity contribution is 0.932. The second kappa shape index (κ2) is 4.46. The van der Waals surface area contributed by atoms with Gasteiger partial charge in [-0.15, -0.1) is 0 Å². The number of rotatable bonds is 2. The SMILES string of the molecule is c1ccc(C2=C(c3ccccc3)NCC2)cc1. The fraction of sp³-hybridized carbons (Fsp3) is 0.125. The number of hydrogen-bond acceptors (Lipinski definition) is 1. The molecule has 0 radical (unpaired) electrons. The summed E-state index contributed by atoms with van der Waals surface area (Å²) in [5.74, 6) is 0. The first-order valence-electron chi connectivity index (χ1n) is 6.03. The Kier molecular flexibility index (Phi) is 2.66. The molecule has 17 heavy (non-hydrogen) atoms. The van der Waals surface area contributed by atoms with E-state index in [0.717, 1.165) is 13.0 Å². The third-order valence-corrected chi connectivity index (χ3v) is 3.16. The van der Waals surface area contributed by atoms with Gasteiger partial charge in [-0.2, -0.15) is 0 Å². The molecule has 0 saturated carbocycles. The summed E-state index contributed by atoms with van der Waals surface area (Å²) in [5, 5.41) is 3.50. The van der Waals surface area contributed by atoms with Gasteiger partial charge in [0.1, 0.15) is 0 Å². The van der Waals surface area contributed by atoms with E-state index < -0.39 is 0 Å². The summed E-state index contributed by atoms with van der Waals surface area (Å²) in [6, 6.07) is 21.2. The van der Waals surface area contributed by atoms with Crippen LogP contribution in [-0.4, -0.2) is 6.54 Å². The Labute approximate surface area is 102 Å². The van der Waals surface area contributed by atoms with Crippen LogP contribution in [0.25, 0.3) is 11.3 Å². The quantitative estimate of drug-likeness (QED) is 0.817. The third kappa shape index (κ3) is 1.96. The van der Waals surface area contributed by atoms with Crippen molar-refractivity contribution in [3.8, 4) is 0 Å². The number of hydrogen-bond donors (Lipinski definition) is 1. The minimum Gasteiger partial charge on any atom is -0.384 e. The average molecular weight is 221 g/mol. The minimum atomic E-state index is 1.04. The van der Waals surface area contributed by atoms with Crippen LogP contribution in [0.5, 0.6) is 0 Å². The Bertz CT molecular complexity index is 476. The van der Waals surface area contributed by atoms with E-state index in [2.05, 4.69) is 66.0 Å². The summed E-state index contributed by atoms with van der Waals surface area (Å²) in [6.07, 6.45) is 1.11. The first kappa shape index (κ1) is 10.2. The highest BCUT2D eigenvalue weighted by atomic mass is 14.9. The van der Waals surface area contributed by atoms with Crippen molar-refractivity contribution >= 4 is 11.3 Å². The van der Waals surface area contributed by atoms with Crippen LogP contribution in [0.4, 0.5) is 0 Å². The Hall–Kier alpha value is -2.02. The molecule has 1 nitrogen and oxygen atoms in total. The summed E-state index contributed by atoms with van der Waals surface area (Å²) in [4.78, 5) is 0. The molecule has 1 heterocycles. The highest BCUT2D eigenvalue weighted by molar-refractivity contribution is 5.91. The van der Waals surface area contributed by atoms with E-state index in [4.69, 9.17) is 0 Å². The van der Waals surface area contributed by atoms with Crippen molar-refractivity contribution in [1.82, 2.24) is 5.32 Å². The zero-order valence-electron chi connectivity index (χ0n) is 9.69. The van der Waals surface area contributed by atoms with Crippen molar-refractivity contribution in [1.29, 1.82) is 0 Å². The van der Waals surface area contributed by atoms with Crippen LogP contribution in [0.2, 0.25) is 0 Å². The van der Waals surface area contributed by atoms with Crippen LogP contribution < -0.4 is 5.32 Å². The Morgan fingerprint density at radius 1 is 0.706 bits per heavy atom. The standard InChI is InChI=1S/C16H15N/c1-3-7-13(8-4-1)15-11-12-17-16(15)14-9-5-2-6-10-14/h1-10,17H,11-12H2. The maximum absolute atomic E-state index is 3.50. The van der Waals surface area contributed by atoms with Gasteiger partial charge in [0.15, 0.2) is 0 Å². The molecule has 1 aliphatic heterocycles. The predicted molar refractivity (Wildman–Crippen MR) is 72.3 cm³/mol. The zero-order valence-corrected chi connectivity index (χ0v) is 9.69. The lowest BCUT2D eigenvalue weighted by atomic mass is 10.00. The van der Waals surface area contributed by atoms with Crippen molar-refractivity contribution in [2.45, 2.75) is 6.42 Å². The van der Waals surface area contributed by atoms with E-state index in [1.54, 1.807) is 0 Å². The molecule has 3 rings (SSSR count). The molecule has 0 atom stereocenters. The topological polar surface area (TPSA) is 12.0 Å². The van der Waals surface area contributed by atoms with Crippen molar-refractivity contribution in [3.05, 3.63) is 71.8 Å². The van der Waals surface area contributed by atoms with Gasteiger partial charge in [-0.05, 0) is 23.1 Å². The molecule has 0 saturated heterocycles. The Balaban J connectivity index is 2.08. The van der Waals surface area contributed by atoms with Crippen LogP contribution >= 0.6 is 0 Å². The Morgan fingerprint density at radius 2 is 1.29 bits per heavy atom. The molecule has 1 N–H and O–H groups in total. The molecular formula is C16H15N. The van der Waals surface area contributed by atoms with Gasteiger partial charge >= 0.3 is 0 Å². The third-order valence-electron chi connectivity index (χ3n) is 3.16. The molecular weight excluding hydrogens is 206 g/mol. The van der Waals surface area contributed by atoms with Gasteiger partial charge in [-0.3, -0.25) is 0 Å². The lowest BCUT2D eigenvalue weighted by Crippen LogP contribution is -2.05. The minimum absolute atomic E-state index is 1.04. The van der Waals surface area contributed by atoms with Crippen molar-refractivity contribution < 1.29 is 0 Å². The first-order valence-corrected chi connectivity index (χ1v) is 6.03. The van der Waals surface area contributed by atoms with Gasteiger partial charge in [-0.25, -0.2) is 0 Å². The van der Waals surface area contributed by atoms with Crippen molar-refractivity contribution in [2.75, 3.05) is 6.54 Å². The van der Waals surface area contributed by atoms with E-state index in [9.17, 15) is 0 Å². The fourth-order valence-corrected chi connectivity index (χ4v) is 2.35. The van der Waals surface area contributed by atoms with Crippen LogP contribution in [0, 0.1) is 0 Å². The average Bonchev–Trinajstić information content (AvgIpc) is 2.90. The summed E-state index contributed by atoms with van der Waals surface area (Å²) in [7, 11) is 0. The van der Waals surface area contributed by atoms with Crippen molar-refractivity contribution in [2.24, 2.45) is 0 Å². The van der Waals surface area contributed by atoms with E-state index in [1.165, 1.54) is 22.4 Å². The molecule has 84 valence electrons. The van der Waals surface area contributed by atoms with Crippen LogP contribution in [0.15, 0.2) is 60.7 Å². The molecule has 0 amide bonds. The fourth-order valence-electron chi connectivity index (χ4n) is 2.35. The van der Waals surface area contributed by atoms with Gasteiger partial charge < -0.3 is 5.32 Å². The van der Waals surface area contributed by atoms with Gasteiger partial charge in [0.05, 0.1) is 0 Å². The molecule has 1 aliphatic rings. The first-order chi connectivity index (χ1) is 8.45. The largest absolute Gasteiger partial charge is 0.384 e. The lowest BCUT2D eigenvalue weighted by Gasteiger charge is -2.08. The summed E-state index contributed by atoms with van der Waals surface area (Å²) in [5.41, 5.74) is 5.33. The molecule has 0 fully saturated rings. The highest BCUT2D eigenvalue weighted by Gasteiger charge is 2.16. The van der Waals surface area contributed by atoms with Gasteiger partial charge in [0.2, 0.25) is 0 Å². The number of nitrogens with one attached hydrogen (secondary N) is 1. The molecule has 0 spiro atoms. The van der Waals surface area contributed by atoms with E-state index in [-0.39, 0.29) is 0 Å². The smallest absolute Gasteiger partial charge is 0.0453 e. The van der Waals surface area contributed by atoms with E-state index in [0.29, 0.717) is 0 Å². The van der Waals surface area contributed by atoms with Gasteiger partial charge in [0, 0.05) is 12.2 Å². The van der Waals surface area contributed by atoms with Crippen molar-refractivity contribution in [3.63, 3.8) is 0 Å². The second-order valence-corrected chi connectivity index (χ2v) is 4.26. The maximum atomic E-state index is 3.50. The molecule has 0 unspecified atom stereocenters. The monoisotopic (exact) mass is 221 g/mol. The molecule has 1 heteroatoms. The summed E-state index contributed by atoms with van der Waals surface area (Å²) in [6.45, 7) is 1.04. The predicted octanol–water partition coefficient (Wildman–Crippen LogP) is 3.55. The van der Waals surface area contributed by atoms with E-state index in [1.807, 2.05) is 0 Å². The molecule has 2 aromatic carbocycles. The van der Waals surface area contributed by atoms with Crippen LogP contribution in [-0.2, 0) is 0 Å². The van der Waals surface area contributed by atoms with Gasteiger partial charge in [0.25, 0.3) is 0 Å². The Morgan fingerprint density at radius 3 is 1.94 bits per heavy atom. The second-order valence-electron chi connectivity index (χ2n) is 4.26. The van der Waals surface area contributed by atoms with Crippen LogP contribution in [0.3, 0.4) is 0 Å². The van der Waals surface area contributed by atoms with Crippen LogP contribution in [0.1, 0.15) is 17.5 Å². The molecule has 2 aromatic rings. The normalized spacial score (nSPS) is 14.8. The molecule has 0 aliphatic carbocycles. The summed E-state index contributed by atoms with van der Waals surface area (Å²) >= 11 is 0. The molecule has 0 bridgehead atoms. The zero-order chi connectivity index (χ0) is 11.5. The van der Waals surface area contributed by atoms with E-state index >= 15 is 0 Å². The number of benzene rings is 2. The molecule has 0 aromatic heterocycles. The van der Waals surface area contributed by atoms with Gasteiger partial charge in [-0.1, -0.05) is 60.7 Å². The highest BCUT2D eigenvalue weighted by Crippen LogP contribution is 2.30. The summed E-state index contributed by atoms with van der Waals surface area (Å²) < 4.78 is 0. The maximum Gasteiger partial charge on any atom is 0.0453 e.